The van der Waals surface area contributed by atoms with Crippen molar-refractivity contribution in [1.29, 1.82) is 0 Å². The standard InChI is InChI=1S/C11H15NO2/c13-9-1-3-10(4-2-9)14-11-5-7-12-8-6-11/h5-10,13H,1-4H2/t9-,10+. The molecule has 1 heterocycles. The number of hydrogen-bond donors (Lipinski definition) is 1. The van der Waals surface area contributed by atoms with Crippen LogP contribution in [0.3, 0.4) is 0 Å². The van der Waals surface area contributed by atoms with Crippen LogP contribution in [0, 0.1) is 0 Å². The summed E-state index contributed by atoms with van der Waals surface area (Å²) in [6.07, 6.45) is 7.21. The van der Waals surface area contributed by atoms with Crippen molar-refractivity contribution in [2.45, 2.75) is 37.9 Å². The van der Waals surface area contributed by atoms with Gasteiger partial charge in [0.15, 0.2) is 0 Å². The number of aliphatic hydroxyl groups is 1. The quantitative estimate of drug-likeness (QED) is 0.778. The van der Waals surface area contributed by atoms with Crippen LogP contribution in [0.5, 0.6) is 5.75 Å². The molecule has 0 atom stereocenters. The molecule has 0 amide bonds. The van der Waals surface area contributed by atoms with Gasteiger partial charge in [0.05, 0.1) is 12.2 Å². The first kappa shape index (κ1) is 9.46. The molecule has 2 rings (SSSR count). The van der Waals surface area contributed by atoms with Crippen molar-refractivity contribution in [2.24, 2.45) is 0 Å². The van der Waals surface area contributed by atoms with E-state index in [1.165, 1.54) is 0 Å². The van der Waals surface area contributed by atoms with E-state index in [-0.39, 0.29) is 12.2 Å². The number of pyridine rings is 1. The smallest absolute Gasteiger partial charge is 0.122 e. The third-order valence-corrected chi connectivity index (χ3v) is 2.60. The van der Waals surface area contributed by atoms with Gasteiger partial charge in [-0.1, -0.05) is 0 Å². The molecular formula is C11H15NO2. The van der Waals surface area contributed by atoms with E-state index in [2.05, 4.69) is 4.98 Å². The SMILES string of the molecule is O[C@H]1CC[C@@H](Oc2ccncc2)CC1. The minimum atomic E-state index is -0.118. The van der Waals surface area contributed by atoms with E-state index in [1.54, 1.807) is 12.4 Å². The highest BCUT2D eigenvalue weighted by Crippen LogP contribution is 2.23. The van der Waals surface area contributed by atoms with Gasteiger partial charge in [0.1, 0.15) is 5.75 Å². The van der Waals surface area contributed by atoms with Crippen molar-refractivity contribution in [3.63, 3.8) is 0 Å². The summed E-state index contributed by atoms with van der Waals surface area (Å²) >= 11 is 0. The van der Waals surface area contributed by atoms with Gasteiger partial charge in [-0.2, -0.15) is 0 Å². The number of aliphatic hydroxyl groups excluding tert-OH is 1. The van der Waals surface area contributed by atoms with E-state index in [4.69, 9.17) is 4.74 Å². The zero-order chi connectivity index (χ0) is 9.80. The molecule has 0 bridgehead atoms. The van der Waals surface area contributed by atoms with Crippen molar-refractivity contribution in [3.8, 4) is 5.75 Å². The zero-order valence-corrected chi connectivity index (χ0v) is 8.10. The largest absolute Gasteiger partial charge is 0.490 e. The molecule has 14 heavy (non-hydrogen) atoms. The normalized spacial score (nSPS) is 27.2. The maximum atomic E-state index is 9.33. The highest BCUT2D eigenvalue weighted by Gasteiger charge is 2.20. The van der Waals surface area contributed by atoms with Gasteiger partial charge in [0, 0.05) is 12.4 Å². The molecule has 1 aromatic heterocycles. The van der Waals surface area contributed by atoms with Crippen LogP contribution in [0.4, 0.5) is 0 Å². The summed E-state index contributed by atoms with van der Waals surface area (Å²) in [6.45, 7) is 0. The van der Waals surface area contributed by atoms with Gasteiger partial charge in [0.2, 0.25) is 0 Å². The van der Waals surface area contributed by atoms with E-state index < -0.39 is 0 Å². The van der Waals surface area contributed by atoms with E-state index in [1.807, 2.05) is 12.1 Å². The van der Waals surface area contributed by atoms with Gasteiger partial charge < -0.3 is 9.84 Å². The Labute approximate surface area is 83.7 Å². The minimum absolute atomic E-state index is 0.118. The molecule has 1 aromatic rings. The fourth-order valence-electron chi connectivity index (χ4n) is 1.77. The first-order valence-corrected chi connectivity index (χ1v) is 5.09. The van der Waals surface area contributed by atoms with Gasteiger partial charge in [-0.05, 0) is 37.8 Å². The van der Waals surface area contributed by atoms with Gasteiger partial charge >= 0.3 is 0 Å². The molecule has 76 valence electrons. The lowest BCUT2D eigenvalue weighted by atomic mass is 9.95. The Kier molecular flexibility index (Phi) is 2.99. The number of nitrogens with zero attached hydrogens (tertiary/aromatic N) is 1. The molecule has 0 aromatic carbocycles. The molecule has 1 fully saturated rings. The monoisotopic (exact) mass is 193 g/mol. The van der Waals surface area contributed by atoms with Crippen LogP contribution >= 0.6 is 0 Å². The van der Waals surface area contributed by atoms with E-state index in [0.29, 0.717) is 0 Å². The average molecular weight is 193 g/mol. The van der Waals surface area contributed by atoms with Gasteiger partial charge in [-0.25, -0.2) is 0 Å². The second kappa shape index (κ2) is 4.42. The minimum Gasteiger partial charge on any atom is -0.490 e. The van der Waals surface area contributed by atoms with Gasteiger partial charge in [0.25, 0.3) is 0 Å². The summed E-state index contributed by atoms with van der Waals surface area (Å²) in [6, 6.07) is 3.73. The molecule has 0 aliphatic heterocycles. The Morgan fingerprint density at radius 2 is 1.79 bits per heavy atom. The molecule has 0 unspecified atom stereocenters. The highest BCUT2D eigenvalue weighted by atomic mass is 16.5. The summed E-state index contributed by atoms with van der Waals surface area (Å²) in [5, 5.41) is 9.33. The highest BCUT2D eigenvalue weighted by molar-refractivity contribution is 5.17. The van der Waals surface area contributed by atoms with Crippen molar-refractivity contribution in [1.82, 2.24) is 4.98 Å². The van der Waals surface area contributed by atoms with E-state index in [0.717, 1.165) is 31.4 Å². The Morgan fingerprint density at radius 3 is 2.43 bits per heavy atom. The molecule has 3 nitrogen and oxygen atoms in total. The third-order valence-electron chi connectivity index (χ3n) is 2.60. The first-order valence-electron chi connectivity index (χ1n) is 5.09. The number of rotatable bonds is 2. The van der Waals surface area contributed by atoms with Crippen molar-refractivity contribution in [3.05, 3.63) is 24.5 Å². The Hall–Kier alpha value is -1.09. The maximum absolute atomic E-state index is 9.33. The van der Waals surface area contributed by atoms with Crippen LogP contribution in [0.25, 0.3) is 0 Å². The molecule has 1 aliphatic rings. The van der Waals surface area contributed by atoms with Crippen LogP contribution in [-0.2, 0) is 0 Å². The number of ether oxygens (including phenoxy) is 1. The predicted molar refractivity (Wildman–Crippen MR) is 53.1 cm³/mol. The summed E-state index contributed by atoms with van der Waals surface area (Å²) in [5.41, 5.74) is 0. The Bertz CT molecular complexity index is 268. The van der Waals surface area contributed by atoms with Gasteiger partial charge in [-0.15, -0.1) is 0 Å². The second-order valence-corrected chi connectivity index (χ2v) is 3.73. The van der Waals surface area contributed by atoms with Crippen LogP contribution < -0.4 is 4.74 Å². The topological polar surface area (TPSA) is 42.4 Å². The molecule has 1 saturated carbocycles. The van der Waals surface area contributed by atoms with Crippen LogP contribution in [0.1, 0.15) is 25.7 Å². The summed E-state index contributed by atoms with van der Waals surface area (Å²) in [5.74, 6) is 0.876. The van der Waals surface area contributed by atoms with Crippen molar-refractivity contribution < 1.29 is 9.84 Å². The second-order valence-electron chi connectivity index (χ2n) is 3.73. The third kappa shape index (κ3) is 2.45. The predicted octanol–water partition coefficient (Wildman–Crippen LogP) is 1.76. The molecule has 3 heteroatoms. The summed E-state index contributed by atoms with van der Waals surface area (Å²) in [7, 11) is 0. The zero-order valence-electron chi connectivity index (χ0n) is 8.10. The first-order chi connectivity index (χ1) is 6.84. The lowest BCUT2D eigenvalue weighted by Crippen LogP contribution is -2.26. The van der Waals surface area contributed by atoms with Gasteiger partial charge in [-0.3, -0.25) is 4.98 Å². The van der Waals surface area contributed by atoms with Crippen molar-refractivity contribution in [2.75, 3.05) is 0 Å². The lowest BCUT2D eigenvalue weighted by molar-refractivity contribution is 0.0665. The van der Waals surface area contributed by atoms with Crippen LogP contribution in [0.2, 0.25) is 0 Å². The average Bonchev–Trinajstić information content (AvgIpc) is 2.23. The van der Waals surface area contributed by atoms with Crippen LogP contribution in [-0.4, -0.2) is 22.3 Å². The summed E-state index contributed by atoms with van der Waals surface area (Å²) in [4.78, 5) is 3.93. The fourth-order valence-corrected chi connectivity index (χ4v) is 1.77. The van der Waals surface area contributed by atoms with Crippen LogP contribution in [0.15, 0.2) is 24.5 Å². The molecule has 1 N–H and O–H groups in total. The molecule has 0 radical (unpaired) electrons. The summed E-state index contributed by atoms with van der Waals surface area (Å²) < 4.78 is 5.75. The molecule has 0 spiro atoms. The number of hydrogen-bond acceptors (Lipinski definition) is 3. The molecular weight excluding hydrogens is 178 g/mol. The maximum Gasteiger partial charge on any atom is 0.122 e. The van der Waals surface area contributed by atoms with E-state index >= 15 is 0 Å². The number of aromatic nitrogens is 1. The van der Waals surface area contributed by atoms with E-state index in [9.17, 15) is 5.11 Å². The fraction of sp³-hybridized carbons (Fsp3) is 0.545. The van der Waals surface area contributed by atoms with Crippen molar-refractivity contribution >= 4 is 0 Å². The molecule has 0 saturated heterocycles. The Balaban J connectivity index is 1.87. The molecule has 1 aliphatic carbocycles. The lowest BCUT2D eigenvalue weighted by Gasteiger charge is -2.26. The Morgan fingerprint density at radius 1 is 1.14 bits per heavy atom.